The predicted octanol–water partition coefficient (Wildman–Crippen LogP) is 0.663. The third kappa shape index (κ3) is 0.661. The summed E-state index contributed by atoms with van der Waals surface area (Å²) in [6, 6.07) is 0. The molecule has 3 fully saturated rings. The first-order valence-corrected chi connectivity index (χ1v) is 4.96. The summed E-state index contributed by atoms with van der Waals surface area (Å²) < 4.78 is 24.9. The van der Waals surface area contributed by atoms with E-state index < -0.39 is 27.5 Å². The van der Waals surface area contributed by atoms with Crippen LogP contribution in [0.4, 0.5) is 0 Å². The van der Waals surface area contributed by atoms with Gasteiger partial charge in [-0.3, -0.25) is 9.00 Å². The number of rotatable bonds is 0. The molecule has 3 aliphatic heterocycles. The summed E-state index contributed by atoms with van der Waals surface area (Å²) in [6.07, 6.45) is -1.95. The molecular weight excluding hydrogens is 168 g/mol. The molecule has 3 aliphatic rings. The summed E-state index contributed by atoms with van der Waals surface area (Å²) in [5.41, 5.74) is 0.165. The van der Waals surface area contributed by atoms with Gasteiger partial charge in [0.05, 0.1) is 10.8 Å². The monoisotopic (exact) mass is 176 g/mol. The molecule has 4 heteroatoms. The molecule has 3 heterocycles. The number of fused-ring (bicyclic) bond motifs is 2. The van der Waals surface area contributed by atoms with Crippen LogP contribution in [0.25, 0.3) is 0 Å². The molecule has 0 aliphatic carbocycles. The van der Waals surface area contributed by atoms with Gasteiger partial charge in [-0.1, -0.05) is 6.58 Å². The second-order valence-corrected chi connectivity index (χ2v) is 5.55. The van der Waals surface area contributed by atoms with E-state index in [0.29, 0.717) is 0 Å². The summed E-state index contributed by atoms with van der Waals surface area (Å²) in [5.74, 6) is -0.585. The molecule has 1 unspecified atom stereocenters. The molecular formula is C6H6O2S2. The first-order valence-electron chi connectivity index (χ1n) is 3.74. The van der Waals surface area contributed by atoms with E-state index in [1.54, 1.807) is 0 Å². The summed E-state index contributed by atoms with van der Waals surface area (Å²) in [6.45, 7) is 3.48. The molecule has 0 spiro atoms. The van der Waals surface area contributed by atoms with E-state index in [1.807, 2.05) is 0 Å². The molecule has 0 amide bonds. The number of carbonyl (C=O) groups is 1. The molecule has 0 saturated carbocycles. The van der Waals surface area contributed by atoms with Crippen molar-refractivity contribution < 1.29 is 11.7 Å². The molecule has 0 aromatic heterocycles. The Kier molecular flexibility index (Phi) is 0.920. The lowest BCUT2D eigenvalue weighted by Gasteiger charge is -2.38. The Morgan fingerprint density at radius 2 is 2.50 bits per heavy atom. The van der Waals surface area contributed by atoms with Crippen molar-refractivity contribution in [2.24, 2.45) is 0 Å². The number of carbonyl (C=O) groups excluding carboxylic acids is 1. The average Bonchev–Trinajstić information content (AvgIpc) is 1.98. The normalized spacial score (nSPS) is 53.0. The van der Waals surface area contributed by atoms with Gasteiger partial charge < -0.3 is 0 Å². The van der Waals surface area contributed by atoms with E-state index >= 15 is 0 Å². The summed E-state index contributed by atoms with van der Waals surface area (Å²) in [7, 11) is -1.22. The van der Waals surface area contributed by atoms with Gasteiger partial charge >= 0.3 is 0 Å². The molecule has 3 rings (SSSR count). The number of hydrogen-bond acceptors (Lipinski definition) is 3. The minimum Gasteiger partial charge on any atom is -0.297 e. The Morgan fingerprint density at radius 3 is 3.00 bits per heavy atom. The lowest BCUT2D eigenvalue weighted by molar-refractivity contribution is -0.116. The van der Waals surface area contributed by atoms with Crippen LogP contribution in [-0.2, 0) is 15.6 Å². The van der Waals surface area contributed by atoms with E-state index in [2.05, 4.69) is 6.58 Å². The first-order chi connectivity index (χ1) is 5.46. The Bertz CT molecular complexity index is 287. The highest BCUT2D eigenvalue weighted by Crippen LogP contribution is 2.47. The number of ketones is 1. The third-order valence-corrected chi connectivity index (χ3v) is 5.59. The summed E-state index contributed by atoms with van der Waals surface area (Å²) in [4.78, 5) is 11.3. The standard InChI is InChI=1S/C6H6O2S2/c1-3-2-4(7)6-9-5(3)10(6)8/h5-6H,1-2H2/t5-,6+,10?/m0/s1/i2D2. The zero-order chi connectivity index (χ0) is 9.09. The highest BCUT2D eigenvalue weighted by Gasteiger charge is 2.49. The quantitative estimate of drug-likeness (QED) is 0.509. The van der Waals surface area contributed by atoms with Crippen molar-refractivity contribution in [3.63, 3.8) is 0 Å². The number of Topliss-reactive ketones (excluding diaryl/α,β-unsaturated/α-hetero) is 1. The Labute approximate surface area is 68.3 Å². The Morgan fingerprint density at radius 1 is 1.80 bits per heavy atom. The van der Waals surface area contributed by atoms with Gasteiger partial charge in [-0.05, 0) is 5.57 Å². The second kappa shape index (κ2) is 1.95. The Hall–Kier alpha value is -0.0900. The first kappa shape index (κ1) is 4.72. The third-order valence-electron chi connectivity index (χ3n) is 1.45. The van der Waals surface area contributed by atoms with Crippen molar-refractivity contribution in [1.29, 1.82) is 0 Å². The van der Waals surface area contributed by atoms with Crippen LogP contribution in [-0.4, -0.2) is 19.2 Å². The molecule has 0 N–H and O–H groups in total. The number of hydrogen-bond donors (Lipinski definition) is 0. The SMILES string of the molecule is [2H]C1([2H])C(=C)[C@H]2S[C@@H](C1=O)S2=O. The Balaban J connectivity index is 2.44. The molecule has 3 atom stereocenters. The average molecular weight is 176 g/mol. The maximum Gasteiger partial charge on any atom is 0.162 e. The van der Waals surface area contributed by atoms with Crippen LogP contribution in [0, 0.1) is 0 Å². The van der Waals surface area contributed by atoms with Crippen molar-refractivity contribution >= 4 is 28.3 Å². The molecule has 3 saturated heterocycles. The lowest BCUT2D eigenvalue weighted by Crippen LogP contribution is -2.46. The van der Waals surface area contributed by atoms with Gasteiger partial charge in [0.2, 0.25) is 0 Å². The zero-order valence-electron chi connectivity index (χ0n) is 6.99. The summed E-state index contributed by atoms with van der Waals surface area (Å²) in [5, 5.41) is 0. The highest BCUT2D eigenvalue weighted by atomic mass is 32.3. The maximum absolute atomic E-state index is 11.3. The van der Waals surface area contributed by atoms with Crippen LogP contribution in [0.5, 0.6) is 0 Å². The smallest absolute Gasteiger partial charge is 0.162 e. The van der Waals surface area contributed by atoms with Crippen LogP contribution in [0.15, 0.2) is 12.2 Å². The van der Waals surface area contributed by atoms with Crippen LogP contribution >= 0.6 is 11.8 Å². The molecule has 54 valence electrons. The molecule has 10 heavy (non-hydrogen) atoms. The van der Waals surface area contributed by atoms with Crippen LogP contribution in [0.1, 0.15) is 9.11 Å². The van der Waals surface area contributed by atoms with Gasteiger partial charge in [-0.2, -0.15) is 0 Å². The minimum absolute atomic E-state index is 0.165. The van der Waals surface area contributed by atoms with Crippen LogP contribution < -0.4 is 0 Å². The van der Waals surface area contributed by atoms with Gasteiger partial charge in [0.25, 0.3) is 0 Å². The fourth-order valence-corrected chi connectivity index (χ4v) is 3.79. The van der Waals surface area contributed by atoms with Crippen molar-refractivity contribution in [3.05, 3.63) is 12.2 Å². The van der Waals surface area contributed by atoms with Crippen LogP contribution in [0.3, 0.4) is 0 Å². The van der Waals surface area contributed by atoms with Gasteiger partial charge in [0.15, 0.2) is 5.78 Å². The van der Waals surface area contributed by atoms with Crippen LogP contribution in [0.2, 0.25) is 0 Å². The van der Waals surface area contributed by atoms with Gasteiger partial charge in [0.1, 0.15) is 9.16 Å². The van der Waals surface area contributed by atoms with E-state index in [9.17, 15) is 9.00 Å². The summed E-state index contributed by atoms with van der Waals surface area (Å²) >= 11 is 1.25. The maximum atomic E-state index is 11.3. The molecule has 2 nitrogen and oxygen atoms in total. The molecule has 0 radical (unpaired) electrons. The van der Waals surface area contributed by atoms with E-state index in [0.717, 1.165) is 0 Å². The molecule has 0 aromatic carbocycles. The fourth-order valence-electron chi connectivity index (χ4n) is 0.946. The largest absolute Gasteiger partial charge is 0.297 e. The van der Waals surface area contributed by atoms with Crippen molar-refractivity contribution in [2.45, 2.75) is 15.5 Å². The van der Waals surface area contributed by atoms with Gasteiger partial charge in [-0.15, -0.1) is 11.8 Å². The lowest BCUT2D eigenvalue weighted by atomic mass is 10.2. The highest BCUT2D eigenvalue weighted by molar-refractivity contribution is 8.28. The van der Waals surface area contributed by atoms with Gasteiger partial charge in [0, 0.05) is 9.11 Å². The van der Waals surface area contributed by atoms with Crippen molar-refractivity contribution in [2.75, 3.05) is 0 Å². The topological polar surface area (TPSA) is 34.1 Å². The molecule has 2 bridgehead atoms. The van der Waals surface area contributed by atoms with E-state index in [-0.39, 0.29) is 10.2 Å². The zero-order valence-corrected chi connectivity index (χ0v) is 6.63. The molecule has 0 aromatic rings. The second-order valence-electron chi connectivity index (χ2n) is 2.14. The minimum atomic E-state index is -1.95. The van der Waals surface area contributed by atoms with Crippen molar-refractivity contribution in [1.82, 2.24) is 0 Å². The van der Waals surface area contributed by atoms with E-state index in [4.69, 9.17) is 2.74 Å². The van der Waals surface area contributed by atoms with Crippen molar-refractivity contribution in [3.8, 4) is 0 Å². The number of thioether (sulfide) groups is 1. The van der Waals surface area contributed by atoms with E-state index in [1.165, 1.54) is 11.8 Å². The van der Waals surface area contributed by atoms with Gasteiger partial charge in [-0.25, -0.2) is 0 Å². The fraction of sp³-hybridized carbons (Fsp3) is 0.500. The predicted molar refractivity (Wildman–Crippen MR) is 42.1 cm³/mol.